The molecular formula is C22H21FN8O. The van der Waals surface area contributed by atoms with Crippen molar-refractivity contribution in [3.05, 3.63) is 52.7 Å². The summed E-state index contributed by atoms with van der Waals surface area (Å²) < 4.78 is 15.7. The number of rotatable bonds is 0. The molecule has 0 radical (unpaired) electrons. The molecule has 0 saturated carbocycles. The van der Waals surface area contributed by atoms with Crippen molar-refractivity contribution in [2.75, 3.05) is 24.2 Å². The van der Waals surface area contributed by atoms with Crippen molar-refractivity contribution in [1.82, 2.24) is 24.6 Å². The number of fused-ring (bicyclic) bond motifs is 8. The summed E-state index contributed by atoms with van der Waals surface area (Å²) in [6.07, 6.45) is 3.07. The third-order valence-electron chi connectivity index (χ3n) is 6.12. The quantitative estimate of drug-likeness (QED) is 0.580. The summed E-state index contributed by atoms with van der Waals surface area (Å²) in [5.74, 6) is 0.0465. The van der Waals surface area contributed by atoms with Crippen LogP contribution in [0.2, 0.25) is 0 Å². The average molecular weight is 432 g/mol. The van der Waals surface area contributed by atoms with Crippen LogP contribution in [0.15, 0.2) is 24.4 Å². The zero-order chi connectivity index (χ0) is 22.6. The number of aromatic nitrogens is 4. The molecule has 0 aliphatic carbocycles. The van der Waals surface area contributed by atoms with Gasteiger partial charge in [0.25, 0.3) is 5.91 Å². The number of nitriles is 1. The molecule has 1 atom stereocenters. The zero-order valence-corrected chi connectivity index (χ0v) is 17.7. The van der Waals surface area contributed by atoms with Gasteiger partial charge in [0.1, 0.15) is 17.6 Å². The summed E-state index contributed by atoms with van der Waals surface area (Å²) in [6, 6.07) is 6.15. The molecule has 5 rings (SSSR count). The Labute approximate surface area is 183 Å². The molecule has 2 N–H and O–H groups in total. The second-order valence-electron chi connectivity index (χ2n) is 8.11. The molecule has 32 heavy (non-hydrogen) atoms. The van der Waals surface area contributed by atoms with Crippen molar-refractivity contribution in [3.63, 3.8) is 0 Å². The first-order valence-electron chi connectivity index (χ1n) is 10.3. The minimum absolute atomic E-state index is 0.149. The summed E-state index contributed by atoms with van der Waals surface area (Å²) in [5, 5.41) is 14.2. The second kappa shape index (κ2) is 7.30. The maximum atomic E-state index is 14.3. The molecule has 2 aliphatic heterocycles. The highest BCUT2D eigenvalue weighted by Crippen LogP contribution is 2.40. The molecule has 0 spiro atoms. The largest absolute Gasteiger partial charge is 0.381 e. The maximum Gasteiger partial charge on any atom is 0.254 e. The van der Waals surface area contributed by atoms with E-state index in [4.69, 9.17) is 10.7 Å². The Morgan fingerprint density at radius 3 is 2.91 bits per heavy atom. The van der Waals surface area contributed by atoms with Crippen molar-refractivity contribution < 1.29 is 9.18 Å². The number of halogens is 1. The van der Waals surface area contributed by atoms with Gasteiger partial charge in [-0.2, -0.15) is 10.4 Å². The van der Waals surface area contributed by atoms with Crippen LogP contribution < -0.4 is 10.6 Å². The average Bonchev–Trinajstić information content (AvgIpc) is 3.37. The summed E-state index contributed by atoms with van der Waals surface area (Å²) in [4.78, 5) is 26.1. The molecule has 3 aromatic rings. The fourth-order valence-corrected chi connectivity index (χ4v) is 4.66. The molecule has 1 unspecified atom stereocenters. The van der Waals surface area contributed by atoms with Gasteiger partial charge in [-0.25, -0.2) is 14.4 Å². The lowest BCUT2D eigenvalue weighted by Crippen LogP contribution is -2.31. The molecule has 2 bridgehead atoms. The monoisotopic (exact) mass is 432 g/mol. The van der Waals surface area contributed by atoms with Crippen LogP contribution in [-0.2, 0) is 13.6 Å². The van der Waals surface area contributed by atoms with E-state index in [0.717, 1.165) is 12.8 Å². The number of carbonyl (C=O) groups is 1. The van der Waals surface area contributed by atoms with Gasteiger partial charge in [-0.15, -0.1) is 0 Å². The van der Waals surface area contributed by atoms with E-state index in [1.807, 2.05) is 4.90 Å². The van der Waals surface area contributed by atoms with Gasteiger partial charge < -0.3 is 15.5 Å². The number of benzene rings is 1. The summed E-state index contributed by atoms with van der Waals surface area (Å²) in [6.45, 7) is 0.786. The van der Waals surface area contributed by atoms with E-state index in [9.17, 15) is 14.4 Å². The SMILES string of the molecule is CN1Cc2nn(C)c(C#N)c2-c2cnc(N)c(n2)N2CCCC2c2cc(F)ccc2C1=O. The van der Waals surface area contributed by atoms with Crippen molar-refractivity contribution in [3.8, 4) is 17.3 Å². The van der Waals surface area contributed by atoms with E-state index in [2.05, 4.69) is 16.2 Å². The molecule has 1 aromatic carbocycles. The standard InChI is InChI=1S/C22H21FN8O/c1-29-11-16-19(18(9-24)30(2)28-16)15-10-26-20(25)21(27-15)31-7-3-4-17(31)14-8-12(23)5-6-13(14)22(29)32/h5-6,8,10,17H,3-4,7,11H2,1-2H3,(H2,25,26). The molecule has 162 valence electrons. The van der Waals surface area contributed by atoms with Crippen LogP contribution >= 0.6 is 0 Å². The normalized spacial score (nSPS) is 17.7. The van der Waals surface area contributed by atoms with Crippen LogP contribution in [0.1, 0.15) is 46.2 Å². The fourth-order valence-electron chi connectivity index (χ4n) is 4.66. The smallest absolute Gasteiger partial charge is 0.254 e. The van der Waals surface area contributed by atoms with E-state index in [1.165, 1.54) is 34.0 Å². The number of nitrogens with two attached hydrogens (primary N) is 1. The van der Waals surface area contributed by atoms with Crippen molar-refractivity contribution in [1.29, 1.82) is 5.26 Å². The Balaban J connectivity index is 1.81. The van der Waals surface area contributed by atoms with Gasteiger partial charge in [-0.3, -0.25) is 9.48 Å². The number of amides is 1. The zero-order valence-electron chi connectivity index (χ0n) is 17.7. The number of aryl methyl sites for hydroxylation is 1. The van der Waals surface area contributed by atoms with Crippen LogP contribution in [0.25, 0.3) is 11.3 Å². The first-order chi connectivity index (χ1) is 15.4. The van der Waals surface area contributed by atoms with Gasteiger partial charge in [0.15, 0.2) is 11.6 Å². The lowest BCUT2D eigenvalue weighted by molar-refractivity contribution is 0.0781. The first kappa shape index (κ1) is 19.9. The lowest BCUT2D eigenvalue weighted by Gasteiger charge is -2.30. The highest BCUT2D eigenvalue weighted by molar-refractivity contribution is 5.96. The van der Waals surface area contributed by atoms with Gasteiger partial charge in [-0.05, 0) is 36.6 Å². The molecule has 2 aromatic heterocycles. The third-order valence-corrected chi connectivity index (χ3v) is 6.12. The van der Waals surface area contributed by atoms with Gasteiger partial charge in [-0.1, -0.05) is 0 Å². The van der Waals surface area contributed by atoms with Gasteiger partial charge in [0.2, 0.25) is 0 Å². The van der Waals surface area contributed by atoms with E-state index < -0.39 is 5.82 Å². The Morgan fingerprint density at radius 1 is 1.31 bits per heavy atom. The lowest BCUT2D eigenvalue weighted by atomic mass is 9.96. The highest BCUT2D eigenvalue weighted by atomic mass is 19.1. The Kier molecular flexibility index (Phi) is 4.55. The van der Waals surface area contributed by atoms with Crippen molar-refractivity contribution in [2.45, 2.75) is 25.4 Å². The van der Waals surface area contributed by atoms with Crippen LogP contribution in [-0.4, -0.2) is 44.1 Å². The highest BCUT2D eigenvalue weighted by Gasteiger charge is 2.34. The number of carbonyl (C=O) groups excluding carboxylic acids is 1. The predicted molar refractivity (Wildman–Crippen MR) is 115 cm³/mol. The molecule has 1 saturated heterocycles. The fraction of sp³-hybridized carbons (Fsp3) is 0.318. The van der Waals surface area contributed by atoms with E-state index in [1.54, 1.807) is 14.1 Å². The molecular weight excluding hydrogens is 411 g/mol. The van der Waals surface area contributed by atoms with Crippen molar-refractivity contribution in [2.24, 2.45) is 7.05 Å². The predicted octanol–water partition coefficient (Wildman–Crippen LogP) is 2.40. The number of anilines is 2. The summed E-state index contributed by atoms with van der Waals surface area (Å²) in [5.41, 5.74) is 9.07. The topological polar surface area (TPSA) is 117 Å². The number of nitrogens with zero attached hydrogens (tertiary/aromatic N) is 7. The maximum absolute atomic E-state index is 14.3. The first-order valence-corrected chi connectivity index (χ1v) is 10.3. The van der Waals surface area contributed by atoms with E-state index in [0.29, 0.717) is 46.1 Å². The van der Waals surface area contributed by atoms with Crippen LogP contribution in [0.3, 0.4) is 0 Å². The molecule has 10 heteroatoms. The summed E-state index contributed by atoms with van der Waals surface area (Å²) in [7, 11) is 3.34. The van der Waals surface area contributed by atoms with Crippen LogP contribution in [0.5, 0.6) is 0 Å². The molecule has 1 fully saturated rings. The number of hydrogen-bond donors (Lipinski definition) is 1. The van der Waals surface area contributed by atoms with Gasteiger partial charge in [0, 0.05) is 26.2 Å². The minimum atomic E-state index is -0.406. The van der Waals surface area contributed by atoms with Gasteiger partial charge >= 0.3 is 0 Å². The number of hydrogen-bond acceptors (Lipinski definition) is 7. The van der Waals surface area contributed by atoms with Crippen LogP contribution in [0, 0.1) is 17.1 Å². The Hall–Kier alpha value is -4.00. The number of nitrogen functional groups attached to an aromatic ring is 1. The molecule has 2 aliphatic rings. The summed E-state index contributed by atoms with van der Waals surface area (Å²) >= 11 is 0. The Morgan fingerprint density at radius 2 is 2.12 bits per heavy atom. The molecule has 1 amide bonds. The minimum Gasteiger partial charge on any atom is -0.381 e. The second-order valence-corrected chi connectivity index (χ2v) is 8.11. The Bertz CT molecular complexity index is 1290. The van der Waals surface area contributed by atoms with Crippen LogP contribution in [0.4, 0.5) is 16.0 Å². The van der Waals surface area contributed by atoms with Gasteiger partial charge in [0.05, 0.1) is 35.7 Å². The van der Waals surface area contributed by atoms with Crippen molar-refractivity contribution >= 4 is 17.5 Å². The van der Waals surface area contributed by atoms with E-state index in [-0.39, 0.29) is 24.3 Å². The molecule has 4 heterocycles. The van der Waals surface area contributed by atoms with E-state index >= 15 is 0 Å². The molecule has 9 nitrogen and oxygen atoms in total. The third kappa shape index (κ3) is 2.97.